The van der Waals surface area contributed by atoms with Crippen molar-refractivity contribution in [3.63, 3.8) is 0 Å². The van der Waals surface area contributed by atoms with E-state index in [9.17, 15) is 4.79 Å². The van der Waals surface area contributed by atoms with Gasteiger partial charge in [-0.3, -0.25) is 4.79 Å². The van der Waals surface area contributed by atoms with Crippen LogP contribution in [0.3, 0.4) is 0 Å². The fraction of sp³-hybridized carbons (Fsp3) is 0.174. The number of rotatable bonds is 7. The molecule has 1 atom stereocenters. The number of nitrogens with one attached hydrogen (secondary N) is 1. The second kappa shape index (κ2) is 9.36. The first-order valence-corrected chi connectivity index (χ1v) is 9.49. The van der Waals surface area contributed by atoms with Crippen molar-refractivity contribution >= 4 is 17.5 Å². The molecule has 1 amide bonds. The van der Waals surface area contributed by atoms with Crippen molar-refractivity contribution in [1.82, 2.24) is 5.32 Å². The largest absolute Gasteiger partial charge is 0.340 e. The van der Waals surface area contributed by atoms with E-state index >= 15 is 0 Å². The fourth-order valence-corrected chi connectivity index (χ4v) is 3.18. The Morgan fingerprint density at radius 3 is 1.89 bits per heavy atom. The highest BCUT2D eigenvalue weighted by molar-refractivity contribution is 6.30. The van der Waals surface area contributed by atoms with Crippen LogP contribution in [-0.2, 0) is 4.79 Å². The Balaban J connectivity index is 1.65. The summed E-state index contributed by atoms with van der Waals surface area (Å²) in [6, 6.07) is 27.9. The second-order valence-corrected chi connectivity index (χ2v) is 7.04. The van der Waals surface area contributed by atoms with Gasteiger partial charge >= 0.3 is 0 Å². The lowest BCUT2D eigenvalue weighted by atomic mass is 9.99. The zero-order valence-electron chi connectivity index (χ0n) is 15.3. The van der Waals surface area contributed by atoms with Gasteiger partial charge in [-0.15, -0.1) is 0 Å². The third kappa shape index (κ3) is 5.43. The van der Waals surface area contributed by atoms with Crippen molar-refractivity contribution in [2.24, 2.45) is 0 Å². The Morgan fingerprint density at radius 2 is 1.37 bits per heavy atom. The zero-order valence-corrected chi connectivity index (χ0v) is 16.1. The summed E-state index contributed by atoms with van der Waals surface area (Å²) in [6.07, 6.45) is 0. The van der Waals surface area contributed by atoms with Crippen molar-refractivity contribution in [3.8, 4) is 0 Å². The number of hydrogen-bond acceptors (Lipinski definition) is 1. The molecule has 0 aliphatic carbocycles. The minimum atomic E-state index is -0.154. The number of quaternary nitrogens is 1. The summed E-state index contributed by atoms with van der Waals surface area (Å²) in [5, 5.41) is 5.93. The van der Waals surface area contributed by atoms with E-state index in [1.54, 1.807) is 0 Å². The Bertz CT molecular complexity index is 811. The number of nitrogens with two attached hydrogens (primary N) is 1. The van der Waals surface area contributed by atoms with Gasteiger partial charge in [-0.05, 0) is 30.2 Å². The SMILES string of the molecule is C[C@H]([NH2+]CC(=O)NC(c1ccccc1)c1ccccc1)c1ccc(Cl)cc1. The highest BCUT2D eigenvalue weighted by Gasteiger charge is 2.18. The van der Waals surface area contributed by atoms with E-state index in [-0.39, 0.29) is 18.0 Å². The minimum absolute atomic E-state index is 0.00789. The number of carbonyl (C=O) groups excluding carboxylic acids is 1. The van der Waals surface area contributed by atoms with Gasteiger partial charge in [-0.1, -0.05) is 84.4 Å². The normalized spacial score (nSPS) is 12.0. The third-order valence-electron chi connectivity index (χ3n) is 4.62. The maximum absolute atomic E-state index is 12.6. The predicted molar refractivity (Wildman–Crippen MR) is 110 cm³/mol. The van der Waals surface area contributed by atoms with E-state index in [0.717, 1.165) is 21.7 Å². The van der Waals surface area contributed by atoms with Gasteiger partial charge in [0.25, 0.3) is 5.91 Å². The molecule has 3 aromatic carbocycles. The summed E-state index contributed by atoms with van der Waals surface area (Å²) in [5.41, 5.74) is 3.29. The third-order valence-corrected chi connectivity index (χ3v) is 4.88. The van der Waals surface area contributed by atoms with Gasteiger partial charge in [0.15, 0.2) is 6.54 Å². The summed E-state index contributed by atoms with van der Waals surface area (Å²) >= 11 is 5.94. The van der Waals surface area contributed by atoms with Crippen molar-refractivity contribution in [3.05, 3.63) is 107 Å². The molecule has 0 bridgehead atoms. The lowest BCUT2D eigenvalue weighted by molar-refractivity contribution is -0.682. The first-order valence-electron chi connectivity index (χ1n) is 9.11. The molecule has 138 valence electrons. The smallest absolute Gasteiger partial charge is 0.275 e. The van der Waals surface area contributed by atoms with Gasteiger partial charge in [0, 0.05) is 10.6 Å². The van der Waals surface area contributed by atoms with Gasteiger partial charge in [-0.25, -0.2) is 0 Å². The van der Waals surface area contributed by atoms with Gasteiger partial charge in [0.2, 0.25) is 0 Å². The highest BCUT2D eigenvalue weighted by Crippen LogP contribution is 2.21. The molecule has 0 spiro atoms. The number of carbonyl (C=O) groups is 1. The quantitative estimate of drug-likeness (QED) is 0.643. The highest BCUT2D eigenvalue weighted by atomic mass is 35.5. The molecule has 3 nitrogen and oxygen atoms in total. The molecule has 27 heavy (non-hydrogen) atoms. The molecule has 0 saturated carbocycles. The van der Waals surface area contributed by atoms with Crippen LogP contribution < -0.4 is 10.6 Å². The molecule has 0 unspecified atom stereocenters. The monoisotopic (exact) mass is 379 g/mol. The van der Waals surface area contributed by atoms with Gasteiger partial charge in [0.05, 0.1) is 6.04 Å². The minimum Gasteiger partial charge on any atom is -0.340 e. The number of halogens is 1. The van der Waals surface area contributed by atoms with Crippen LogP contribution in [0.4, 0.5) is 0 Å². The molecule has 4 heteroatoms. The zero-order chi connectivity index (χ0) is 19.1. The number of amides is 1. The van der Waals surface area contributed by atoms with Crippen LogP contribution in [0.15, 0.2) is 84.9 Å². The topological polar surface area (TPSA) is 45.7 Å². The van der Waals surface area contributed by atoms with Gasteiger partial charge < -0.3 is 10.6 Å². The molecule has 0 radical (unpaired) electrons. The molecule has 3 rings (SSSR count). The maximum atomic E-state index is 12.6. The summed E-state index contributed by atoms with van der Waals surface area (Å²) in [5.74, 6) is 0.00789. The average molecular weight is 380 g/mol. The van der Waals surface area contributed by atoms with Crippen LogP contribution in [0.25, 0.3) is 0 Å². The summed E-state index contributed by atoms with van der Waals surface area (Å²) in [4.78, 5) is 12.6. The summed E-state index contributed by atoms with van der Waals surface area (Å²) < 4.78 is 0. The van der Waals surface area contributed by atoms with E-state index < -0.39 is 0 Å². The molecule has 0 fully saturated rings. The van der Waals surface area contributed by atoms with E-state index in [2.05, 4.69) is 12.2 Å². The molecule has 0 heterocycles. The van der Waals surface area contributed by atoms with E-state index in [4.69, 9.17) is 11.6 Å². The molecule has 0 aliphatic rings. The van der Waals surface area contributed by atoms with E-state index in [1.165, 1.54) is 0 Å². The standard InChI is InChI=1S/C23H23ClN2O/c1-17(18-12-14-21(24)15-13-18)25-16-22(27)26-23(19-8-4-2-5-9-19)20-10-6-3-7-11-20/h2-15,17,23,25H,16H2,1H3,(H,26,27)/p+1/t17-/m0/s1. The van der Waals surface area contributed by atoms with Crippen LogP contribution in [-0.4, -0.2) is 12.5 Å². The Labute approximate surface area is 165 Å². The summed E-state index contributed by atoms with van der Waals surface area (Å²) in [6.45, 7) is 2.45. The van der Waals surface area contributed by atoms with Gasteiger partial charge in [-0.2, -0.15) is 0 Å². The van der Waals surface area contributed by atoms with Crippen LogP contribution in [0.5, 0.6) is 0 Å². The fourth-order valence-electron chi connectivity index (χ4n) is 3.06. The molecular formula is C23H24ClN2O+. The van der Waals surface area contributed by atoms with Crippen LogP contribution in [0.2, 0.25) is 5.02 Å². The Hall–Kier alpha value is -2.62. The average Bonchev–Trinajstić information content (AvgIpc) is 2.72. The van der Waals surface area contributed by atoms with Crippen molar-refractivity contribution in [1.29, 1.82) is 0 Å². The maximum Gasteiger partial charge on any atom is 0.275 e. The van der Waals surface area contributed by atoms with Crippen LogP contribution in [0.1, 0.15) is 35.7 Å². The molecule has 3 aromatic rings. The molecule has 0 saturated heterocycles. The first-order chi connectivity index (χ1) is 13.1. The number of benzene rings is 3. The second-order valence-electron chi connectivity index (χ2n) is 6.60. The van der Waals surface area contributed by atoms with E-state index in [0.29, 0.717) is 6.54 Å². The lowest BCUT2D eigenvalue weighted by Crippen LogP contribution is -2.87. The predicted octanol–water partition coefficient (Wildman–Crippen LogP) is 3.87. The molecule has 3 N–H and O–H groups in total. The molecular weight excluding hydrogens is 356 g/mol. The van der Waals surface area contributed by atoms with Crippen molar-refractivity contribution < 1.29 is 10.1 Å². The summed E-state index contributed by atoms with van der Waals surface area (Å²) in [7, 11) is 0. The molecule has 0 aliphatic heterocycles. The van der Waals surface area contributed by atoms with Crippen LogP contribution >= 0.6 is 11.6 Å². The van der Waals surface area contributed by atoms with E-state index in [1.807, 2.05) is 90.2 Å². The first kappa shape index (κ1) is 19.2. The number of hydrogen-bond donors (Lipinski definition) is 2. The Kier molecular flexibility index (Phi) is 6.64. The van der Waals surface area contributed by atoms with Gasteiger partial charge in [0.1, 0.15) is 6.04 Å². The van der Waals surface area contributed by atoms with Crippen molar-refractivity contribution in [2.75, 3.05) is 6.54 Å². The molecule has 0 aromatic heterocycles. The van der Waals surface area contributed by atoms with Crippen molar-refractivity contribution in [2.45, 2.75) is 19.0 Å². The van der Waals surface area contributed by atoms with Crippen LogP contribution in [0, 0.1) is 0 Å². The lowest BCUT2D eigenvalue weighted by Gasteiger charge is -2.20. The Morgan fingerprint density at radius 1 is 0.852 bits per heavy atom.